The molecule has 5 nitrogen and oxygen atoms in total. The molecule has 1 aromatic rings. The van der Waals surface area contributed by atoms with Crippen LogP contribution in [0.5, 0.6) is 0 Å². The zero-order chi connectivity index (χ0) is 19.2. The molecule has 1 atom stereocenters. The van der Waals surface area contributed by atoms with E-state index in [0.29, 0.717) is 23.8 Å². The third-order valence-electron chi connectivity index (χ3n) is 5.74. The maximum absolute atomic E-state index is 12.6. The Kier molecular flexibility index (Phi) is 9.12. The molecule has 2 heterocycles. The zero-order valence-corrected chi connectivity index (χ0v) is 18.5. The van der Waals surface area contributed by atoms with Gasteiger partial charge in [-0.3, -0.25) is 9.59 Å². The number of nitrogens with one attached hydrogen (secondary N) is 2. The molecule has 2 aliphatic heterocycles. The summed E-state index contributed by atoms with van der Waals surface area (Å²) in [6.07, 6.45) is 2.86. The molecule has 2 fully saturated rings. The van der Waals surface area contributed by atoms with E-state index in [1.165, 1.54) is 0 Å². The van der Waals surface area contributed by atoms with Crippen LogP contribution in [0.25, 0.3) is 0 Å². The highest BCUT2D eigenvalue weighted by Gasteiger charge is 2.23. The smallest absolute Gasteiger partial charge is 0.253 e. The Hall–Kier alpha value is -1.24. The fourth-order valence-electron chi connectivity index (χ4n) is 3.96. The molecule has 0 spiro atoms. The second-order valence-corrected chi connectivity index (χ2v) is 8.98. The Morgan fingerprint density at radius 2 is 1.93 bits per heavy atom. The predicted octanol–water partition coefficient (Wildman–Crippen LogP) is 3.57. The van der Waals surface area contributed by atoms with Crippen molar-refractivity contribution in [2.24, 2.45) is 11.8 Å². The van der Waals surface area contributed by atoms with Gasteiger partial charge in [0, 0.05) is 42.3 Å². The van der Waals surface area contributed by atoms with Gasteiger partial charge in [0.1, 0.15) is 0 Å². The first-order chi connectivity index (χ1) is 13.0. The number of amides is 2. The third-order valence-corrected chi connectivity index (χ3v) is 6.68. The maximum atomic E-state index is 12.6. The van der Waals surface area contributed by atoms with Crippen molar-refractivity contribution in [2.75, 3.05) is 43.0 Å². The Labute approximate surface area is 178 Å². The topological polar surface area (TPSA) is 61.4 Å². The fraction of sp³-hybridized carbons (Fsp3) is 0.619. The number of thioether (sulfide) groups is 1. The van der Waals surface area contributed by atoms with Gasteiger partial charge in [0.2, 0.25) is 5.91 Å². The first-order valence-corrected chi connectivity index (χ1v) is 11.2. The third kappa shape index (κ3) is 6.13. The molecule has 7 heteroatoms. The summed E-state index contributed by atoms with van der Waals surface area (Å²) >= 11 is 1.89. The van der Waals surface area contributed by atoms with Gasteiger partial charge < -0.3 is 15.5 Å². The minimum atomic E-state index is 0. The molecule has 0 aliphatic carbocycles. The number of piperidine rings is 1. The van der Waals surface area contributed by atoms with Crippen LogP contribution in [0.2, 0.25) is 0 Å². The average Bonchev–Trinajstić information content (AvgIpc) is 2.70. The van der Waals surface area contributed by atoms with Crippen LogP contribution in [-0.4, -0.2) is 54.4 Å². The summed E-state index contributed by atoms with van der Waals surface area (Å²) in [6, 6.07) is 5.60. The molecule has 156 valence electrons. The Balaban J connectivity index is 0.00000280. The lowest BCUT2D eigenvalue weighted by molar-refractivity contribution is -0.117. The summed E-state index contributed by atoms with van der Waals surface area (Å²) in [7, 11) is 0. The van der Waals surface area contributed by atoms with Crippen molar-refractivity contribution < 1.29 is 9.59 Å². The second-order valence-electron chi connectivity index (χ2n) is 7.75. The van der Waals surface area contributed by atoms with Crippen molar-refractivity contribution in [3.8, 4) is 0 Å². The lowest BCUT2D eigenvalue weighted by atomic mass is 9.84. The van der Waals surface area contributed by atoms with Crippen LogP contribution in [0.3, 0.4) is 0 Å². The van der Waals surface area contributed by atoms with Gasteiger partial charge >= 0.3 is 0 Å². The van der Waals surface area contributed by atoms with Gasteiger partial charge in [-0.2, -0.15) is 11.8 Å². The molecule has 2 amide bonds. The van der Waals surface area contributed by atoms with Gasteiger partial charge in [0.15, 0.2) is 0 Å². The fourth-order valence-corrected chi connectivity index (χ4v) is 4.86. The summed E-state index contributed by atoms with van der Waals surface area (Å²) in [5.74, 6) is 3.19. The highest BCUT2D eigenvalue weighted by molar-refractivity contribution is 7.99. The zero-order valence-electron chi connectivity index (χ0n) is 16.8. The maximum Gasteiger partial charge on any atom is 0.253 e. The Morgan fingerprint density at radius 1 is 1.25 bits per heavy atom. The number of rotatable bonds is 5. The minimum absolute atomic E-state index is 0. The molecular formula is C21H32ClN3O2S. The highest BCUT2D eigenvalue weighted by Crippen LogP contribution is 2.25. The summed E-state index contributed by atoms with van der Waals surface area (Å²) in [6.45, 7) is 7.88. The van der Waals surface area contributed by atoms with Crippen molar-refractivity contribution in [2.45, 2.75) is 33.1 Å². The van der Waals surface area contributed by atoms with E-state index in [1.54, 1.807) is 0 Å². The van der Waals surface area contributed by atoms with Gasteiger partial charge in [-0.05, 0) is 68.5 Å². The van der Waals surface area contributed by atoms with Crippen LogP contribution in [-0.2, 0) is 4.79 Å². The van der Waals surface area contributed by atoms with Crippen LogP contribution < -0.4 is 10.6 Å². The summed E-state index contributed by atoms with van der Waals surface area (Å²) in [5.41, 5.74) is 2.46. The number of carbonyl (C=O) groups is 2. The van der Waals surface area contributed by atoms with Crippen molar-refractivity contribution in [3.05, 3.63) is 29.3 Å². The van der Waals surface area contributed by atoms with Crippen LogP contribution in [0.15, 0.2) is 18.2 Å². The Bertz CT molecular complexity index is 674. The number of hydrogen-bond acceptors (Lipinski definition) is 4. The van der Waals surface area contributed by atoms with Crippen molar-refractivity contribution >= 4 is 41.7 Å². The van der Waals surface area contributed by atoms with Gasteiger partial charge in [-0.25, -0.2) is 0 Å². The number of benzene rings is 1. The van der Waals surface area contributed by atoms with Crippen LogP contribution >= 0.6 is 24.2 Å². The second kappa shape index (κ2) is 11.1. The summed E-state index contributed by atoms with van der Waals surface area (Å²) < 4.78 is 0. The monoisotopic (exact) mass is 425 g/mol. The lowest BCUT2D eigenvalue weighted by Crippen LogP contribution is -2.37. The first kappa shape index (κ1) is 23.0. The van der Waals surface area contributed by atoms with E-state index >= 15 is 0 Å². The summed E-state index contributed by atoms with van der Waals surface area (Å²) in [5, 5.41) is 6.42. The molecule has 28 heavy (non-hydrogen) atoms. The molecule has 0 bridgehead atoms. The molecule has 2 N–H and O–H groups in total. The predicted molar refractivity (Wildman–Crippen MR) is 120 cm³/mol. The van der Waals surface area contributed by atoms with Crippen molar-refractivity contribution in [1.29, 1.82) is 0 Å². The number of nitrogens with zero attached hydrogens (tertiary/aromatic N) is 1. The average molecular weight is 426 g/mol. The molecule has 3 rings (SSSR count). The number of hydrogen-bond donors (Lipinski definition) is 2. The number of anilines is 1. The quantitative estimate of drug-likeness (QED) is 0.757. The Morgan fingerprint density at radius 3 is 2.57 bits per heavy atom. The van der Waals surface area contributed by atoms with E-state index in [9.17, 15) is 9.59 Å². The van der Waals surface area contributed by atoms with E-state index < -0.39 is 0 Å². The van der Waals surface area contributed by atoms with Crippen molar-refractivity contribution in [3.63, 3.8) is 0 Å². The first-order valence-electron chi connectivity index (χ1n) is 10.0. The summed E-state index contributed by atoms with van der Waals surface area (Å²) in [4.78, 5) is 27.0. The van der Waals surface area contributed by atoms with Crippen LogP contribution in [0.4, 0.5) is 5.69 Å². The van der Waals surface area contributed by atoms with E-state index in [1.807, 2.05) is 41.8 Å². The van der Waals surface area contributed by atoms with Gasteiger partial charge in [-0.1, -0.05) is 6.92 Å². The number of carbonyl (C=O) groups excluding carboxylic acids is 2. The van der Waals surface area contributed by atoms with Crippen LogP contribution in [0.1, 0.15) is 42.1 Å². The minimum Gasteiger partial charge on any atom is -0.337 e. The van der Waals surface area contributed by atoms with Crippen LogP contribution in [0, 0.1) is 18.8 Å². The van der Waals surface area contributed by atoms with Gasteiger partial charge in [0.05, 0.1) is 0 Å². The normalized spacial score (nSPS) is 18.9. The molecule has 1 unspecified atom stereocenters. The number of aryl methyl sites for hydroxylation is 1. The van der Waals surface area contributed by atoms with Gasteiger partial charge in [-0.15, -0.1) is 12.4 Å². The number of halogens is 1. The molecule has 2 aliphatic rings. The highest BCUT2D eigenvalue weighted by atomic mass is 35.5. The van der Waals surface area contributed by atoms with E-state index in [2.05, 4.69) is 17.6 Å². The van der Waals surface area contributed by atoms with E-state index in [4.69, 9.17) is 0 Å². The van der Waals surface area contributed by atoms with E-state index in [-0.39, 0.29) is 24.2 Å². The molecule has 1 aromatic carbocycles. The molecule has 2 saturated heterocycles. The standard InChI is InChI=1S/C21H31N3O2S.ClH/c1-15(17-5-7-22-8-6-17)14-20(25)23-19-4-3-18(13-16(19)2)21(26)24-9-11-27-12-10-24;/h3-4,13,15,17,22H,5-12,14H2,1-2H3,(H,23,25);1H. The molecule has 0 saturated carbocycles. The van der Waals surface area contributed by atoms with E-state index in [0.717, 1.165) is 61.8 Å². The largest absolute Gasteiger partial charge is 0.337 e. The van der Waals surface area contributed by atoms with Crippen molar-refractivity contribution in [1.82, 2.24) is 10.2 Å². The van der Waals surface area contributed by atoms with Gasteiger partial charge in [0.25, 0.3) is 5.91 Å². The molecular weight excluding hydrogens is 394 g/mol. The SMILES string of the molecule is Cc1cc(C(=O)N2CCSCC2)ccc1NC(=O)CC(C)C1CCNCC1.Cl. The molecule has 0 aromatic heterocycles. The lowest BCUT2D eigenvalue weighted by Gasteiger charge is -2.28. The molecule has 0 radical (unpaired) electrons.